The van der Waals surface area contributed by atoms with Crippen LogP contribution in [-0.4, -0.2) is 33.5 Å². The van der Waals surface area contributed by atoms with Gasteiger partial charge in [0.25, 0.3) is 0 Å². The van der Waals surface area contributed by atoms with Crippen molar-refractivity contribution in [3.8, 4) is 5.88 Å². The van der Waals surface area contributed by atoms with Crippen molar-refractivity contribution in [2.75, 3.05) is 12.9 Å². The van der Waals surface area contributed by atoms with Crippen molar-refractivity contribution in [1.29, 1.82) is 0 Å². The van der Waals surface area contributed by atoms with Crippen LogP contribution in [0.5, 0.6) is 5.88 Å². The predicted molar refractivity (Wildman–Crippen MR) is 89.3 cm³/mol. The monoisotopic (exact) mass is 332 g/mol. The molecule has 1 unspecified atom stereocenters. The van der Waals surface area contributed by atoms with Crippen molar-refractivity contribution in [3.63, 3.8) is 0 Å². The number of carbonyl (C=O) groups excluding carboxylic acids is 1. The summed E-state index contributed by atoms with van der Waals surface area (Å²) in [5.74, 6) is 0.863. The Labute approximate surface area is 139 Å². The number of fused-ring (bicyclic) bond motifs is 1. The maximum Gasteiger partial charge on any atom is 0.213 e. The quantitative estimate of drug-likeness (QED) is 0.870. The zero-order valence-corrected chi connectivity index (χ0v) is 14.3. The van der Waals surface area contributed by atoms with E-state index in [0.29, 0.717) is 12.1 Å². The van der Waals surface area contributed by atoms with Gasteiger partial charge in [-0.15, -0.1) is 11.8 Å². The fourth-order valence-electron chi connectivity index (χ4n) is 3.02. The Morgan fingerprint density at radius 2 is 2.30 bits per heavy atom. The number of aromatic nitrogens is 2. The maximum atomic E-state index is 12.8. The highest BCUT2D eigenvalue weighted by Gasteiger charge is 2.26. The highest BCUT2D eigenvalue weighted by Crippen LogP contribution is 2.41. The Morgan fingerprint density at radius 1 is 1.52 bits per heavy atom. The topological polar surface area (TPSA) is 64.4 Å². The van der Waals surface area contributed by atoms with Gasteiger partial charge in [0.05, 0.1) is 6.10 Å². The molecular formula is C17H20N2O3S. The fourth-order valence-corrected chi connectivity index (χ4v) is 4.18. The molecule has 1 atom stereocenters. The van der Waals surface area contributed by atoms with Crippen LogP contribution in [0.25, 0.3) is 0 Å². The molecule has 0 spiro atoms. The summed E-state index contributed by atoms with van der Waals surface area (Å²) in [5.41, 5.74) is 2.93. The van der Waals surface area contributed by atoms with E-state index in [9.17, 15) is 9.90 Å². The average molecular weight is 332 g/mol. The lowest BCUT2D eigenvalue weighted by Crippen LogP contribution is -2.15. The number of ether oxygens (including phenoxy) is 1. The van der Waals surface area contributed by atoms with Crippen LogP contribution in [-0.2, 0) is 11.3 Å². The molecule has 1 aromatic carbocycles. The lowest BCUT2D eigenvalue weighted by atomic mass is 9.93. The van der Waals surface area contributed by atoms with Crippen LogP contribution >= 0.6 is 11.8 Å². The molecule has 0 bridgehead atoms. The summed E-state index contributed by atoms with van der Waals surface area (Å²) in [6.45, 7) is 4.34. The van der Waals surface area contributed by atoms with Crippen molar-refractivity contribution in [1.82, 2.24) is 9.78 Å². The summed E-state index contributed by atoms with van der Waals surface area (Å²) >= 11 is 1.80. The number of hydrogen-bond donors (Lipinski definition) is 1. The van der Waals surface area contributed by atoms with Crippen LogP contribution in [0.2, 0.25) is 0 Å². The van der Waals surface area contributed by atoms with E-state index in [2.05, 4.69) is 5.10 Å². The molecule has 0 saturated carbocycles. The van der Waals surface area contributed by atoms with Crippen LogP contribution in [0.3, 0.4) is 0 Å². The second-order valence-electron chi connectivity index (χ2n) is 5.54. The highest BCUT2D eigenvalue weighted by molar-refractivity contribution is 7.99. The van der Waals surface area contributed by atoms with Gasteiger partial charge < -0.3 is 9.84 Å². The minimum Gasteiger partial charge on any atom is -0.493 e. The maximum absolute atomic E-state index is 12.8. The SMILES string of the molecule is CCn1nc(C(=O)c2ccc3c(c2C)C(OC)CCS3)cc1O. The second-order valence-corrected chi connectivity index (χ2v) is 6.68. The van der Waals surface area contributed by atoms with Gasteiger partial charge in [-0.3, -0.25) is 4.79 Å². The van der Waals surface area contributed by atoms with Gasteiger partial charge in [-0.05, 0) is 43.5 Å². The Hall–Kier alpha value is -1.79. The number of rotatable bonds is 4. The van der Waals surface area contributed by atoms with E-state index in [1.165, 1.54) is 15.6 Å². The minimum atomic E-state index is -0.168. The zero-order valence-electron chi connectivity index (χ0n) is 13.5. The third-order valence-electron chi connectivity index (χ3n) is 4.25. The number of thioether (sulfide) groups is 1. The number of methoxy groups -OCH3 is 1. The van der Waals surface area contributed by atoms with E-state index >= 15 is 0 Å². The zero-order chi connectivity index (χ0) is 16.6. The van der Waals surface area contributed by atoms with Gasteiger partial charge in [0, 0.05) is 35.9 Å². The van der Waals surface area contributed by atoms with Crippen molar-refractivity contribution >= 4 is 17.5 Å². The van der Waals surface area contributed by atoms with Crippen LogP contribution < -0.4 is 0 Å². The molecule has 122 valence electrons. The first kappa shape index (κ1) is 16.1. The minimum absolute atomic E-state index is 0.0109. The molecule has 0 saturated heterocycles. The van der Waals surface area contributed by atoms with Gasteiger partial charge in [-0.1, -0.05) is 0 Å². The Morgan fingerprint density at radius 3 is 2.96 bits per heavy atom. The van der Waals surface area contributed by atoms with E-state index < -0.39 is 0 Å². The van der Waals surface area contributed by atoms with Gasteiger partial charge in [0.2, 0.25) is 11.7 Å². The van der Waals surface area contributed by atoms with Crippen LogP contribution in [0, 0.1) is 6.92 Å². The van der Waals surface area contributed by atoms with E-state index in [4.69, 9.17) is 4.74 Å². The van der Waals surface area contributed by atoms with E-state index in [0.717, 1.165) is 23.3 Å². The van der Waals surface area contributed by atoms with Gasteiger partial charge >= 0.3 is 0 Å². The van der Waals surface area contributed by atoms with Crippen LogP contribution in [0.1, 0.15) is 46.6 Å². The first-order chi connectivity index (χ1) is 11.1. The number of nitrogens with zero attached hydrogens (tertiary/aromatic N) is 2. The summed E-state index contributed by atoms with van der Waals surface area (Å²) in [6, 6.07) is 5.26. The molecule has 6 heteroatoms. The molecule has 0 amide bonds. The number of hydrogen-bond acceptors (Lipinski definition) is 5. The molecule has 1 aliphatic rings. The van der Waals surface area contributed by atoms with Crippen LogP contribution in [0.15, 0.2) is 23.1 Å². The summed E-state index contributed by atoms with van der Waals surface area (Å²) in [7, 11) is 1.71. The summed E-state index contributed by atoms with van der Waals surface area (Å²) in [5, 5.41) is 14.0. The van der Waals surface area contributed by atoms with Crippen molar-refractivity contribution in [3.05, 3.63) is 40.6 Å². The van der Waals surface area contributed by atoms with Crippen molar-refractivity contribution < 1.29 is 14.6 Å². The number of benzene rings is 1. The second kappa shape index (κ2) is 6.37. The molecular weight excluding hydrogens is 312 g/mol. The molecule has 0 aliphatic carbocycles. The van der Waals surface area contributed by atoms with Gasteiger partial charge in [0.1, 0.15) is 5.69 Å². The smallest absolute Gasteiger partial charge is 0.213 e. The van der Waals surface area contributed by atoms with Gasteiger partial charge in [-0.2, -0.15) is 5.10 Å². The number of aryl methyl sites for hydroxylation is 1. The molecule has 5 nitrogen and oxygen atoms in total. The number of aromatic hydroxyl groups is 1. The summed E-state index contributed by atoms with van der Waals surface area (Å²) in [6.07, 6.45) is 0.971. The molecule has 2 aromatic rings. The van der Waals surface area contributed by atoms with Crippen molar-refractivity contribution in [2.45, 2.75) is 37.8 Å². The number of ketones is 1. The lowest BCUT2D eigenvalue weighted by molar-refractivity contribution is 0.0962. The molecule has 0 fully saturated rings. The average Bonchev–Trinajstić information content (AvgIpc) is 2.95. The van der Waals surface area contributed by atoms with E-state index in [1.807, 2.05) is 26.0 Å². The third-order valence-corrected chi connectivity index (χ3v) is 5.36. The van der Waals surface area contributed by atoms with E-state index in [1.54, 1.807) is 18.9 Å². The lowest BCUT2D eigenvalue weighted by Gasteiger charge is -2.26. The Kier molecular flexibility index (Phi) is 4.46. The molecule has 1 aromatic heterocycles. The largest absolute Gasteiger partial charge is 0.493 e. The van der Waals surface area contributed by atoms with Gasteiger partial charge in [0.15, 0.2) is 0 Å². The summed E-state index contributed by atoms with van der Waals surface area (Å²) in [4.78, 5) is 14.0. The Balaban J connectivity index is 2.04. The Bertz CT molecular complexity index is 755. The third kappa shape index (κ3) is 2.77. The standard InChI is InChI=1S/C17H20N2O3S/c1-4-19-15(20)9-12(18-19)17(21)11-5-6-14-16(10(11)2)13(22-3)7-8-23-14/h5-6,9,13,20H,4,7-8H2,1-3H3. The molecule has 2 heterocycles. The molecule has 1 aliphatic heterocycles. The fraction of sp³-hybridized carbons (Fsp3) is 0.412. The van der Waals surface area contributed by atoms with Gasteiger partial charge in [-0.25, -0.2) is 4.68 Å². The molecule has 1 N–H and O–H groups in total. The first-order valence-electron chi connectivity index (χ1n) is 7.67. The van der Waals surface area contributed by atoms with Crippen LogP contribution in [0.4, 0.5) is 0 Å². The molecule has 3 rings (SSSR count). The first-order valence-corrected chi connectivity index (χ1v) is 8.66. The summed E-state index contributed by atoms with van der Waals surface area (Å²) < 4.78 is 7.01. The highest BCUT2D eigenvalue weighted by atomic mass is 32.2. The molecule has 23 heavy (non-hydrogen) atoms. The molecule has 0 radical (unpaired) electrons. The number of carbonyl (C=O) groups is 1. The normalized spacial score (nSPS) is 17.1. The predicted octanol–water partition coefficient (Wildman–Crippen LogP) is 3.33. The van der Waals surface area contributed by atoms with E-state index in [-0.39, 0.29) is 23.5 Å². The van der Waals surface area contributed by atoms with Crippen molar-refractivity contribution in [2.24, 2.45) is 0 Å².